The van der Waals surface area contributed by atoms with Crippen LogP contribution in [0.2, 0.25) is 0 Å². The van der Waals surface area contributed by atoms with Crippen molar-refractivity contribution in [3.63, 3.8) is 0 Å². The summed E-state index contributed by atoms with van der Waals surface area (Å²) >= 11 is 1.91. The Bertz CT molecular complexity index is 168. The predicted octanol–water partition coefficient (Wildman–Crippen LogP) is 3.69. The lowest BCUT2D eigenvalue weighted by Gasteiger charge is -2.32. The molecule has 1 heteroatoms. The number of rotatable bonds is 1. The van der Waals surface area contributed by atoms with E-state index >= 15 is 0 Å². The summed E-state index contributed by atoms with van der Waals surface area (Å²) in [5.74, 6) is 0.779. The smallest absolute Gasteiger partial charge is 0.0140 e. The highest BCUT2D eigenvalue weighted by molar-refractivity contribution is 8.02. The molecule has 11 heavy (non-hydrogen) atoms. The van der Waals surface area contributed by atoms with E-state index in [9.17, 15) is 0 Å². The Balaban J connectivity index is 2.70. The molecule has 0 aromatic rings. The van der Waals surface area contributed by atoms with Gasteiger partial charge in [-0.3, -0.25) is 0 Å². The molecule has 0 radical (unpaired) electrons. The van der Waals surface area contributed by atoms with Crippen LogP contribution in [0.5, 0.6) is 0 Å². The highest BCUT2D eigenvalue weighted by atomic mass is 32.2. The van der Waals surface area contributed by atoms with Crippen molar-refractivity contribution in [2.75, 3.05) is 6.26 Å². The zero-order chi connectivity index (χ0) is 8.48. The van der Waals surface area contributed by atoms with Crippen LogP contribution >= 0.6 is 11.8 Å². The van der Waals surface area contributed by atoms with E-state index in [4.69, 9.17) is 0 Å². The van der Waals surface area contributed by atoms with Gasteiger partial charge in [0.25, 0.3) is 0 Å². The lowest BCUT2D eigenvalue weighted by Crippen LogP contribution is -2.19. The van der Waals surface area contributed by atoms with E-state index in [2.05, 4.69) is 33.1 Å². The molecule has 0 aliphatic heterocycles. The van der Waals surface area contributed by atoms with Crippen LogP contribution in [0, 0.1) is 11.3 Å². The molecule has 0 nitrogen and oxygen atoms in total. The SMILES string of the molecule is CSC1=CC(C)CC(C)(C)C1. The van der Waals surface area contributed by atoms with Gasteiger partial charge >= 0.3 is 0 Å². The van der Waals surface area contributed by atoms with Gasteiger partial charge in [-0.15, -0.1) is 11.8 Å². The summed E-state index contributed by atoms with van der Waals surface area (Å²) in [6.07, 6.45) is 7.23. The fourth-order valence-corrected chi connectivity index (χ4v) is 2.89. The molecule has 1 rings (SSSR count). The second kappa shape index (κ2) is 3.22. The van der Waals surface area contributed by atoms with Gasteiger partial charge in [0, 0.05) is 0 Å². The zero-order valence-electron chi connectivity index (χ0n) is 7.98. The maximum atomic E-state index is 2.43. The van der Waals surface area contributed by atoms with Crippen LogP contribution in [0.3, 0.4) is 0 Å². The summed E-state index contributed by atoms with van der Waals surface area (Å²) < 4.78 is 0. The molecule has 0 saturated heterocycles. The molecule has 0 N–H and O–H groups in total. The molecule has 0 amide bonds. The Hall–Kier alpha value is 0.0900. The first-order valence-corrected chi connectivity index (χ1v) is 5.51. The third kappa shape index (κ3) is 2.55. The molecule has 0 bridgehead atoms. The van der Waals surface area contributed by atoms with Gasteiger partial charge in [-0.1, -0.05) is 26.8 Å². The Kier molecular flexibility index (Phi) is 2.69. The topological polar surface area (TPSA) is 0 Å². The van der Waals surface area contributed by atoms with Gasteiger partial charge < -0.3 is 0 Å². The van der Waals surface area contributed by atoms with Crippen molar-refractivity contribution < 1.29 is 0 Å². The Labute approximate surface area is 74.5 Å². The number of thioether (sulfide) groups is 1. The minimum absolute atomic E-state index is 0.534. The van der Waals surface area contributed by atoms with Gasteiger partial charge in [0.15, 0.2) is 0 Å². The molecule has 0 spiro atoms. The molecule has 0 heterocycles. The molecule has 1 aliphatic rings. The van der Waals surface area contributed by atoms with Crippen LogP contribution in [-0.2, 0) is 0 Å². The van der Waals surface area contributed by atoms with Gasteiger partial charge in [-0.25, -0.2) is 0 Å². The van der Waals surface area contributed by atoms with Gasteiger partial charge in [0.05, 0.1) is 0 Å². The largest absolute Gasteiger partial charge is 0.134 e. The van der Waals surface area contributed by atoms with Crippen LogP contribution in [0.1, 0.15) is 33.6 Å². The van der Waals surface area contributed by atoms with Gasteiger partial charge in [0.1, 0.15) is 0 Å². The highest BCUT2D eigenvalue weighted by Crippen LogP contribution is 2.40. The van der Waals surface area contributed by atoms with Crippen molar-refractivity contribution in [2.45, 2.75) is 33.6 Å². The number of allylic oxidation sites excluding steroid dienone is 2. The minimum atomic E-state index is 0.534. The number of hydrogen-bond donors (Lipinski definition) is 0. The van der Waals surface area contributed by atoms with E-state index in [1.807, 2.05) is 11.8 Å². The zero-order valence-corrected chi connectivity index (χ0v) is 8.79. The van der Waals surface area contributed by atoms with Gasteiger partial charge in [-0.05, 0) is 35.3 Å². The monoisotopic (exact) mass is 170 g/mol. The molecule has 1 unspecified atom stereocenters. The van der Waals surface area contributed by atoms with E-state index in [-0.39, 0.29) is 0 Å². The average Bonchev–Trinajstić information content (AvgIpc) is 1.83. The van der Waals surface area contributed by atoms with Crippen molar-refractivity contribution in [1.29, 1.82) is 0 Å². The Morgan fingerprint density at radius 2 is 2.18 bits per heavy atom. The third-order valence-electron chi connectivity index (χ3n) is 2.26. The molecule has 1 aliphatic carbocycles. The summed E-state index contributed by atoms with van der Waals surface area (Å²) in [6.45, 7) is 7.05. The fraction of sp³-hybridized carbons (Fsp3) is 0.800. The van der Waals surface area contributed by atoms with Crippen molar-refractivity contribution >= 4 is 11.8 Å². The standard InChI is InChI=1S/C10H18S/c1-8-5-9(11-4)7-10(2,3)6-8/h5,8H,6-7H2,1-4H3. The van der Waals surface area contributed by atoms with Crippen LogP contribution in [0.25, 0.3) is 0 Å². The summed E-state index contributed by atoms with van der Waals surface area (Å²) in [5.41, 5.74) is 0.534. The van der Waals surface area contributed by atoms with Crippen molar-refractivity contribution in [1.82, 2.24) is 0 Å². The van der Waals surface area contributed by atoms with Crippen LogP contribution in [0.15, 0.2) is 11.0 Å². The van der Waals surface area contributed by atoms with Crippen LogP contribution in [-0.4, -0.2) is 6.26 Å². The van der Waals surface area contributed by atoms with Crippen molar-refractivity contribution in [2.24, 2.45) is 11.3 Å². The van der Waals surface area contributed by atoms with Crippen molar-refractivity contribution in [3.8, 4) is 0 Å². The normalized spacial score (nSPS) is 29.8. The second-order valence-electron chi connectivity index (χ2n) is 4.36. The molecule has 0 saturated carbocycles. The summed E-state index contributed by atoms with van der Waals surface area (Å²) in [4.78, 5) is 1.58. The summed E-state index contributed by atoms with van der Waals surface area (Å²) in [6, 6.07) is 0. The van der Waals surface area contributed by atoms with E-state index in [1.165, 1.54) is 12.8 Å². The maximum Gasteiger partial charge on any atom is -0.0140 e. The molecular weight excluding hydrogens is 152 g/mol. The lowest BCUT2D eigenvalue weighted by molar-refractivity contribution is 0.286. The maximum absolute atomic E-state index is 2.43. The fourth-order valence-electron chi connectivity index (χ4n) is 1.99. The number of hydrogen-bond acceptors (Lipinski definition) is 1. The van der Waals surface area contributed by atoms with Crippen LogP contribution < -0.4 is 0 Å². The van der Waals surface area contributed by atoms with E-state index in [0.29, 0.717) is 5.41 Å². The molecular formula is C10H18S. The van der Waals surface area contributed by atoms with Crippen LogP contribution in [0.4, 0.5) is 0 Å². The van der Waals surface area contributed by atoms with E-state index in [0.717, 1.165) is 5.92 Å². The first-order valence-electron chi connectivity index (χ1n) is 4.28. The minimum Gasteiger partial charge on any atom is -0.134 e. The lowest BCUT2D eigenvalue weighted by atomic mass is 9.76. The Morgan fingerprint density at radius 1 is 1.55 bits per heavy atom. The molecule has 0 fully saturated rings. The second-order valence-corrected chi connectivity index (χ2v) is 5.29. The average molecular weight is 170 g/mol. The summed E-state index contributed by atoms with van der Waals surface area (Å²) in [7, 11) is 0. The quantitative estimate of drug-likeness (QED) is 0.578. The molecule has 64 valence electrons. The van der Waals surface area contributed by atoms with Gasteiger partial charge in [0.2, 0.25) is 0 Å². The third-order valence-corrected chi connectivity index (χ3v) is 3.06. The van der Waals surface area contributed by atoms with Crippen molar-refractivity contribution in [3.05, 3.63) is 11.0 Å². The molecule has 1 atom stereocenters. The molecule has 0 aromatic heterocycles. The summed E-state index contributed by atoms with van der Waals surface area (Å²) in [5, 5.41) is 0. The first-order chi connectivity index (χ1) is 5.03. The van der Waals surface area contributed by atoms with E-state index < -0.39 is 0 Å². The Morgan fingerprint density at radius 3 is 2.64 bits per heavy atom. The molecule has 0 aromatic carbocycles. The van der Waals surface area contributed by atoms with E-state index in [1.54, 1.807) is 4.91 Å². The highest BCUT2D eigenvalue weighted by Gasteiger charge is 2.25. The van der Waals surface area contributed by atoms with Gasteiger partial charge in [-0.2, -0.15) is 0 Å². The predicted molar refractivity (Wildman–Crippen MR) is 53.8 cm³/mol. The first kappa shape index (κ1) is 9.18.